The molecule has 5 rings (SSSR count). The molecule has 0 saturated carbocycles. The normalized spacial score (nSPS) is 13.6. The van der Waals surface area contributed by atoms with Gasteiger partial charge in [0.05, 0.1) is 44.6 Å². The maximum atomic E-state index is 13.8. The molecular weight excluding hydrogens is 628 g/mol. The summed E-state index contributed by atoms with van der Waals surface area (Å²) in [7, 11) is 3.18. The Morgan fingerprint density at radius 1 is 1.07 bits per heavy atom. The monoisotopic (exact) mass is 662 g/mol. The summed E-state index contributed by atoms with van der Waals surface area (Å²) >= 11 is 3.59. The van der Waals surface area contributed by atoms with Crippen LogP contribution in [0.5, 0.6) is 17.2 Å². The van der Waals surface area contributed by atoms with Gasteiger partial charge in [0.2, 0.25) is 0 Å². The van der Waals surface area contributed by atoms with E-state index in [9.17, 15) is 9.59 Å². The first-order valence-corrected chi connectivity index (χ1v) is 15.1. The predicted octanol–water partition coefficient (Wildman–Crippen LogP) is 5.39. The zero-order valence-corrected chi connectivity index (χ0v) is 27.0. The fourth-order valence-electron chi connectivity index (χ4n) is 5.06. The Balaban J connectivity index is 1.54. The molecule has 3 aromatic carbocycles. The van der Waals surface area contributed by atoms with Gasteiger partial charge < -0.3 is 23.8 Å². The van der Waals surface area contributed by atoms with E-state index in [0.717, 1.165) is 22.4 Å². The Labute approximate surface area is 264 Å². The van der Waals surface area contributed by atoms with Crippen LogP contribution in [0, 0.1) is 6.92 Å². The standard InChI is InChI=1S/C33H35BrN4O6/c1-20(2)24-16-25(21(3)14-28(24)41-4)32-36-27-9-7-6-8-23(27)33(40)38(32)35-18-22-15-29(42-5)30(17-26(22)34)44-19-31(39)37-10-12-43-13-11-37/h6-9,14-18,20H,10-13,19H2,1-5H3. The third-order valence-corrected chi connectivity index (χ3v) is 8.19. The Morgan fingerprint density at radius 2 is 1.80 bits per heavy atom. The number of morpholine rings is 1. The lowest BCUT2D eigenvalue weighted by Crippen LogP contribution is -2.43. The highest BCUT2D eigenvalue weighted by atomic mass is 79.9. The topological polar surface area (TPSA) is 104 Å². The van der Waals surface area contributed by atoms with E-state index in [1.165, 1.54) is 11.8 Å². The summed E-state index contributed by atoms with van der Waals surface area (Å²) < 4.78 is 24.3. The zero-order valence-electron chi connectivity index (χ0n) is 25.4. The van der Waals surface area contributed by atoms with Gasteiger partial charge >= 0.3 is 0 Å². The summed E-state index contributed by atoms with van der Waals surface area (Å²) in [6, 6.07) is 14.7. The molecule has 1 fully saturated rings. The van der Waals surface area contributed by atoms with E-state index in [2.05, 4.69) is 34.9 Å². The van der Waals surface area contributed by atoms with E-state index in [0.29, 0.717) is 64.6 Å². The van der Waals surface area contributed by atoms with E-state index < -0.39 is 0 Å². The highest BCUT2D eigenvalue weighted by Crippen LogP contribution is 2.35. The summed E-state index contributed by atoms with van der Waals surface area (Å²) in [6.45, 7) is 8.13. The molecule has 0 unspecified atom stereocenters. The number of benzene rings is 3. The molecule has 11 heteroatoms. The summed E-state index contributed by atoms with van der Waals surface area (Å²) in [5.74, 6) is 2.07. The number of hydrogen-bond donors (Lipinski definition) is 0. The predicted molar refractivity (Wildman–Crippen MR) is 173 cm³/mol. The molecule has 0 bridgehead atoms. The van der Waals surface area contributed by atoms with Gasteiger partial charge in [-0.3, -0.25) is 9.59 Å². The number of methoxy groups -OCH3 is 2. The number of carbonyl (C=O) groups is 1. The molecule has 0 aliphatic carbocycles. The van der Waals surface area contributed by atoms with Crippen molar-refractivity contribution in [2.45, 2.75) is 26.7 Å². The minimum atomic E-state index is -0.298. The van der Waals surface area contributed by atoms with Crippen molar-refractivity contribution >= 4 is 39.0 Å². The highest BCUT2D eigenvalue weighted by molar-refractivity contribution is 9.10. The van der Waals surface area contributed by atoms with Crippen LogP contribution < -0.4 is 19.8 Å². The van der Waals surface area contributed by atoms with E-state index in [-0.39, 0.29) is 24.0 Å². The molecule has 1 aromatic heterocycles. The first kappa shape index (κ1) is 31.2. The minimum absolute atomic E-state index is 0.123. The molecule has 1 aliphatic heterocycles. The lowest BCUT2D eigenvalue weighted by molar-refractivity contribution is -0.137. The molecule has 1 aliphatic rings. The summed E-state index contributed by atoms with van der Waals surface area (Å²) in [5.41, 5.74) is 3.59. The van der Waals surface area contributed by atoms with Gasteiger partial charge in [0.15, 0.2) is 23.9 Å². The van der Waals surface area contributed by atoms with Crippen LogP contribution in [0.2, 0.25) is 0 Å². The zero-order chi connectivity index (χ0) is 31.4. The average molecular weight is 664 g/mol. The molecule has 0 N–H and O–H groups in total. The van der Waals surface area contributed by atoms with Gasteiger partial charge in [-0.2, -0.15) is 9.78 Å². The van der Waals surface area contributed by atoms with Gasteiger partial charge in [0, 0.05) is 28.7 Å². The van der Waals surface area contributed by atoms with Crippen LogP contribution in [0.15, 0.2) is 62.9 Å². The van der Waals surface area contributed by atoms with E-state index >= 15 is 0 Å². The van der Waals surface area contributed by atoms with Crippen molar-refractivity contribution in [3.05, 3.63) is 80.0 Å². The molecule has 230 valence electrons. The second-order valence-corrected chi connectivity index (χ2v) is 11.5. The molecular formula is C33H35BrN4O6. The van der Waals surface area contributed by atoms with Crippen molar-refractivity contribution in [1.82, 2.24) is 14.6 Å². The molecule has 0 spiro atoms. The third kappa shape index (κ3) is 6.48. The van der Waals surface area contributed by atoms with Gasteiger partial charge in [-0.15, -0.1) is 0 Å². The number of para-hydroxylation sites is 1. The Kier molecular flexibility index (Phi) is 9.65. The lowest BCUT2D eigenvalue weighted by atomic mass is 9.96. The lowest BCUT2D eigenvalue weighted by Gasteiger charge is -2.26. The fraction of sp³-hybridized carbons (Fsp3) is 0.333. The van der Waals surface area contributed by atoms with Crippen LogP contribution in [-0.4, -0.2) is 73.8 Å². The summed E-state index contributed by atoms with van der Waals surface area (Å²) in [6.07, 6.45) is 1.57. The molecule has 1 saturated heterocycles. The molecule has 2 heterocycles. The number of halogens is 1. The maximum absolute atomic E-state index is 13.8. The molecule has 4 aromatic rings. The number of ether oxygens (including phenoxy) is 4. The number of nitrogens with zero attached hydrogens (tertiary/aromatic N) is 4. The second kappa shape index (κ2) is 13.6. The Bertz CT molecular complexity index is 1780. The van der Waals surface area contributed by atoms with Crippen LogP contribution in [0.1, 0.15) is 36.5 Å². The van der Waals surface area contributed by atoms with Crippen LogP contribution in [0.3, 0.4) is 0 Å². The summed E-state index contributed by atoms with van der Waals surface area (Å²) in [5, 5.41) is 5.10. The number of rotatable bonds is 9. The third-order valence-electron chi connectivity index (χ3n) is 7.50. The fourth-order valence-corrected chi connectivity index (χ4v) is 5.48. The molecule has 10 nitrogen and oxygen atoms in total. The van der Waals surface area contributed by atoms with Crippen LogP contribution in [0.25, 0.3) is 22.3 Å². The van der Waals surface area contributed by atoms with Crippen molar-refractivity contribution in [1.29, 1.82) is 0 Å². The number of aryl methyl sites for hydroxylation is 1. The maximum Gasteiger partial charge on any atom is 0.282 e. The summed E-state index contributed by atoms with van der Waals surface area (Å²) in [4.78, 5) is 33.0. The Morgan fingerprint density at radius 3 is 2.50 bits per heavy atom. The van der Waals surface area contributed by atoms with Gasteiger partial charge in [-0.05, 0) is 76.3 Å². The average Bonchev–Trinajstić information content (AvgIpc) is 3.03. The van der Waals surface area contributed by atoms with E-state index in [4.69, 9.17) is 23.9 Å². The SMILES string of the molecule is COc1cc(C=Nn2c(-c3cc(C(C)C)c(OC)cc3C)nc3ccccc3c2=O)c(Br)cc1OCC(=O)N1CCOCC1. The molecule has 0 radical (unpaired) electrons. The van der Waals surface area contributed by atoms with Crippen molar-refractivity contribution in [3.8, 4) is 28.6 Å². The number of hydrogen-bond acceptors (Lipinski definition) is 8. The first-order chi connectivity index (χ1) is 21.2. The molecule has 44 heavy (non-hydrogen) atoms. The van der Waals surface area contributed by atoms with Crippen molar-refractivity contribution < 1.29 is 23.7 Å². The Hall–Kier alpha value is -4.22. The largest absolute Gasteiger partial charge is 0.496 e. The minimum Gasteiger partial charge on any atom is -0.496 e. The van der Waals surface area contributed by atoms with Crippen molar-refractivity contribution in [2.75, 3.05) is 47.1 Å². The van der Waals surface area contributed by atoms with Crippen molar-refractivity contribution in [3.63, 3.8) is 0 Å². The van der Waals surface area contributed by atoms with Crippen molar-refractivity contribution in [2.24, 2.45) is 5.10 Å². The van der Waals surface area contributed by atoms with Gasteiger partial charge in [0.1, 0.15) is 5.75 Å². The quantitative estimate of drug-likeness (QED) is 0.221. The van der Waals surface area contributed by atoms with Gasteiger partial charge in [0.25, 0.3) is 11.5 Å². The van der Waals surface area contributed by atoms with Crippen LogP contribution >= 0.6 is 15.9 Å². The molecule has 0 atom stereocenters. The van der Waals surface area contributed by atoms with E-state index in [1.54, 1.807) is 42.5 Å². The number of amides is 1. The van der Waals surface area contributed by atoms with Crippen LogP contribution in [0.4, 0.5) is 0 Å². The highest BCUT2D eigenvalue weighted by Gasteiger charge is 2.20. The number of aromatic nitrogens is 2. The number of fused-ring (bicyclic) bond motifs is 1. The molecule has 1 amide bonds. The van der Waals surface area contributed by atoms with E-state index in [1.807, 2.05) is 31.2 Å². The van der Waals surface area contributed by atoms with Crippen LogP contribution in [-0.2, 0) is 9.53 Å². The second-order valence-electron chi connectivity index (χ2n) is 10.7. The van der Waals surface area contributed by atoms with Gasteiger partial charge in [-0.1, -0.05) is 26.0 Å². The number of carbonyl (C=O) groups excluding carboxylic acids is 1. The van der Waals surface area contributed by atoms with Gasteiger partial charge in [-0.25, -0.2) is 4.98 Å². The smallest absolute Gasteiger partial charge is 0.282 e. The first-order valence-electron chi connectivity index (χ1n) is 14.3.